The topological polar surface area (TPSA) is 20.2 Å². The Hall–Kier alpha value is -0.540. The summed E-state index contributed by atoms with van der Waals surface area (Å²) in [6.07, 6.45) is 0.231. The lowest BCUT2D eigenvalue weighted by atomic mass is 9.97. The number of fused-ring (bicyclic) bond motifs is 1. The first-order valence-electron chi connectivity index (χ1n) is 4.73. The van der Waals surface area contributed by atoms with Crippen molar-refractivity contribution in [3.05, 3.63) is 34.6 Å². The molecular weight excluding hydrogens is 199 g/mol. The van der Waals surface area contributed by atoms with E-state index in [4.69, 9.17) is 0 Å². The number of rotatable bonds is 0. The van der Waals surface area contributed by atoms with Crippen LogP contribution in [0.25, 0.3) is 0 Å². The predicted octanol–water partition coefficient (Wildman–Crippen LogP) is 2.80. The van der Waals surface area contributed by atoms with Crippen molar-refractivity contribution in [2.24, 2.45) is 0 Å². The smallest absolute Gasteiger partial charge is 0.123 e. The molecule has 1 heterocycles. The van der Waals surface area contributed by atoms with E-state index in [0.717, 1.165) is 34.6 Å². The highest BCUT2D eigenvalue weighted by molar-refractivity contribution is 7.98. The van der Waals surface area contributed by atoms with Gasteiger partial charge in [-0.15, -0.1) is 0 Å². The summed E-state index contributed by atoms with van der Waals surface area (Å²) in [7, 11) is 0. The maximum atomic E-state index is 13.1. The number of halogens is 1. The average Bonchev–Trinajstić information content (AvgIpc) is 2.29. The van der Waals surface area contributed by atoms with Crippen LogP contribution in [0.4, 0.5) is 4.39 Å². The number of hydrogen-bond donors (Lipinski definition) is 1. The molecule has 0 saturated carbocycles. The number of benzene rings is 1. The highest BCUT2D eigenvalue weighted by Crippen LogP contribution is 2.32. The van der Waals surface area contributed by atoms with Gasteiger partial charge in [0.25, 0.3) is 0 Å². The van der Waals surface area contributed by atoms with E-state index in [2.05, 4.69) is 0 Å². The molecule has 1 aliphatic heterocycles. The summed E-state index contributed by atoms with van der Waals surface area (Å²) in [6.45, 7) is 1.90. The predicted molar refractivity (Wildman–Crippen MR) is 56.9 cm³/mol. The van der Waals surface area contributed by atoms with Crippen molar-refractivity contribution in [2.45, 2.75) is 25.2 Å². The fourth-order valence-corrected chi connectivity index (χ4v) is 2.95. The van der Waals surface area contributed by atoms with Crippen molar-refractivity contribution < 1.29 is 9.50 Å². The Morgan fingerprint density at radius 1 is 1.50 bits per heavy atom. The molecular formula is C11H13FOS. The van der Waals surface area contributed by atoms with Crippen LogP contribution in [0.5, 0.6) is 0 Å². The van der Waals surface area contributed by atoms with Crippen molar-refractivity contribution in [2.75, 3.05) is 5.75 Å². The third-order valence-corrected chi connectivity index (χ3v) is 3.63. The molecule has 0 spiro atoms. The van der Waals surface area contributed by atoms with E-state index in [-0.39, 0.29) is 5.82 Å². The molecule has 76 valence electrons. The summed E-state index contributed by atoms with van der Waals surface area (Å²) >= 11 is 1.80. The van der Waals surface area contributed by atoms with Crippen molar-refractivity contribution in [3.8, 4) is 0 Å². The molecule has 1 N–H and O–H groups in total. The van der Waals surface area contributed by atoms with Crippen molar-refractivity contribution in [1.82, 2.24) is 0 Å². The number of aliphatic hydroxyl groups is 1. The molecule has 0 fully saturated rings. The van der Waals surface area contributed by atoms with E-state index >= 15 is 0 Å². The van der Waals surface area contributed by atoms with Crippen LogP contribution < -0.4 is 0 Å². The van der Waals surface area contributed by atoms with Gasteiger partial charge in [0, 0.05) is 5.75 Å². The Morgan fingerprint density at radius 2 is 2.29 bits per heavy atom. The lowest BCUT2D eigenvalue weighted by molar-refractivity contribution is 0.174. The molecule has 0 amide bonds. The summed E-state index contributed by atoms with van der Waals surface area (Å²) < 4.78 is 13.1. The van der Waals surface area contributed by atoms with Crippen LogP contribution >= 0.6 is 11.8 Å². The molecule has 0 aliphatic carbocycles. The van der Waals surface area contributed by atoms with Gasteiger partial charge in [-0.2, -0.15) is 11.8 Å². The summed E-state index contributed by atoms with van der Waals surface area (Å²) in [5.74, 6) is 1.59. The molecule has 1 nitrogen and oxygen atoms in total. The minimum absolute atomic E-state index is 0.243. The van der Waals surface area contributed by atoms with E-state index in [0.29, 0.717) is 0 Å². The van der Waals surface area contributed by atoms with Crippen LogP contribution in [0.3, 0.4) is 0 Å². The first-order chi connectivity index (χ1) is 6.68. The average molecular weight is 212 g/mol. The number of aryl methyl sites for hydroxylation is 1. The van der Waals surface area contributed by atoms with Gasteiger partial charge < -0.3 is 5.11 Å². The molecule has 3 heteroatoms. The van der Waals surface area contributed by atoms with E-state index in [1.165, 1.54) is 12.1 Å². The summed E-state index contributed by atoms with van der Waals surface area (Å²) in [4.78, 5) is 0. The van der Waals surface area contributed by atoms with E-state index < -0.39 is 6.10 Å². The van der Waals surface area contributed by atoms with E-state index in [1.54, 1.807) is 11.8 Å². The fourth-order valence-electron chi connectivity index (χ4n) is 1.82. The van der Waals surface area contributed by atoms with Crippen LogP contribution in [0.15, 0.2) is 12.1 Å². The fraction of sp³-hybridized carbons (Fsp3) is 0.455. The second-order valence-electron chi connectivity index (χ2n) is 3.65. The Labute approximate surface area is 87.3 Å². The quantitative estimate of drug-likeness (QED) is 0.713. The molecule has 1 aromatic rings. The third-order valence-electron chi connectivity index (χ3n) is 2.61. The third kappa shape index (κ3) is 1.79. The van der Waals surface area contributed by atoms with Gasteiger partial charge in [0.2, 0.25) is 0 Å². The normalized spacial score (nSPS) is 21.5. The van der Waals surface area contributed by atoms with Crippen LogP contribution in [-0.2, 0) is 5.75 Å². The van der Waals surface area contributed by atoms with E-state index in [1.807, 2.05) is 6.92 Å². The van der Waals surface area contributed by atoms with Gasteiger partial charge >= 0.3 is 0 Å². The van der Waals surface area contributed by atoms with Gasteiger partial charge in [-0.05, 0) is 47.9 Å². The lowest BCUT2D eigenvalue weighted by Gasteiger charge is -2.13. The summed E-state index contributed by atoms with van der Waals surface area (Å²) in [6, 6.07) is 3.01. The van der Waals surface area contributed by atoms with Gasteiger partial charge in [-0.25, -0.2) is 4.39 Å². The standard InChI is InChI=1S/C11H13FOS/c1-7-4-8(12)5-9-10(7)6-14-3-2-11(9)13/h4-5,11,13H,2-3,6H2,1H3/t11-/m0/s1. The zero-order valence-corrected chi connectivity index (χ0v) is 8.90. The van der Waals surface area contributed by atoms with Gasteiger partial charge in [-0.3, -0.25) is 0 Å². The molecule has 0 bridgehead atoms. The SMILES string of the molecule is Cc1cc(F)cc2c1CSCC[C@@H]2O. The number of hydrogen-bond acceptors (Lipinski definition) is 2. The highest BCUT2D eigenvalue weighted by atomic mass is 32.2. The van der Waals surface area contributed by atoms with Gasteiger partial charge in [0.15, 0.2) is 0 Å². The van der Waals surface area contributed by atoms with Crippen molar-refractivity contribution in [3.63, 3.8) is 0 Å². The van der Waals surface area contributed by atoms with Crippen molar-refractivity contribution >= 4 is 11.8 Å². The molecule has 2 rings (SSSR count). The molecule has 14 heavy (non-hydrogen) atoms. The van der Waals surface area contributed by atoms with Crippen LogP contribution in [0.2, 0.25) is 0 Å². The largest absolute Gasteiger partial charge is 0.388 e. The highest BCUT2D eigenvalue weighted by Gasteiger charge is 2.18. The molecule has 0 saturated heterocycles. The number of aliphatic hydroxyl groups excluding tert-OH is 1. The second kappa shape index (κ2) is 3.91. The van der Waals surface area contributed by atoms with Gasteiger partial charge in [0.1, 0.15) is 5.82 Å². The molecule has 1 aliphatic rings. The minimum Gasteiger partial charge on any atom is -0.388 e. The Balaban J connectivity index is 2.53. The molecule has 0 aromatic heterocycles. The van der Waals surface area contributed by atoms with E-state index in [9.17, 15) is 9.50 Å². The van der Waals surface area contributed by atoms with Crippen LogP contribution in [0, 0.1) is 12.7 Å². The Bertz CT molecular complexity index is 351. The van der Waals surface area contributed by atoms with Gasteiger partial charge in [-0.1, -0.05) is 0 Å². The zero-order valence-electron chi connectivity index (χ0n) is 8.09. The second-order valence-corrected chi connectivity index (χ2v) is 4.75. The lowest BCUT2D eigenvalue weighted by Crippen LogP contribution is -2.02. The first kappa shape index (κ1) is 9.99. The first-order valence-corrected chi connectivity index (χ1v) is 5.88. The maximum Gasteiger partial charge on any atom is 0.123 e. The van der Waals surface area contributed by atoms with Crippen LogP contribution in [-0.4, -0.2) is 10.9 Å². The van der Waals surface area contributed by atoms with Crippen LogP contribution in [0.1, 0.15) is 29.2 Å². The summed E-state index contributed by atoms with van der Waals surface area (Å²) in [5.41, 5.74) is 2.85. The molecule has 1 atom stereocenters. The number of thioether (sulfide) groups is 1. The Morgan fingerprint density at radius 3 is 3.07 bits per heavy atom. The molecule has 0 unspecified atom stereocenters. The Kier molecular flexibility index (Phi) is 2.79. The monoisotopic (exact) mass is 212 g/mol. The summed E-state index contributed by atoms with van der Waals surface area (Å²) in [5, 5.41) is 9.81. The zero-order chi connectivity index (χ0) is 10.1. The minimum atomic E-state index is -0.491. The molecule has 1 aromatic carbocycles. The van der Waals surface area contributed by atoms with Crippen molar-refractivity contribution in [1.29, 1.82) is 0 Å². The molecule has 0 radical (unpaired) electrons. The van der Waals surface area contributed by atoms with Gasteiger partial charge in [0.05, 0.1) is 6.10 Å². The maximum absolute atomic E-state index is 13.1.